The third kappa shape index (κ3) is 8.20. The number of hydrogen-bond acceptors (Lipinski definition) is 9. The van der Waals surface area contributed by atoms with E-state index < -0.39 is 24.2 Å². The van der Waals surface area contributed by atoms with Crippen LogP contribution in [0.1, 0.15) is 91.9 Å². The number of methoxy groups -OCH3 is 1. The molecule has 0 aromatic rings. The summed E-state index contributed by atoms with van der Waals surface area (Å²) in [6.07, 6.45) is 9.08. The lowest BCUT2D eigenvalue weighted by Gasteiger charge is -2.62. The van der Waals surface area contributed by atoms with Crippen molar-refractivity contribution in [3.8, 4) is 0 Å². The molecule has 0 spiro atoms. The van der Waals surface area contributed by atoms with Gasteiger partial charge in [-0.1, -0.05) is 27.2 Å². The number of aliphatic hydroxyl groups excluding tert-OH is 2. The van der Waals surface area contributed by atoms with Gasteiger partial charge in [-0.2, -0.15) is 5.06 Å². The number of fused-ring (bicyclic) bond motifs is 2. The average molecular weight is 718 g/mol. The maximum Gasteiger partial charge on any atom is 0.240 e. The Morgan fingerprint density at radius 3 is 2.41 bits per heavy atom. The molecule has 4 N–H and O–H groups in total. The van der Waals surface area contributed by atoms with Gasteiger partial charge in [0.15, 0.2) is 0 Å². The first-order chi connectivity index (χ1) is 24.3. The monoisotopic (exact) mass is 718 g/mol. The Kier molecular flexibility index (Phi) is 12.8. The number of nitrogens with one attached hydrogen (secondary N) is 2. The highest BCUT2D eigenvalue weighted by Crippen LogP contribution is 2.61. The van der Waals surface area contributed by atoms with Crippen molar-refractivity contribution in [3.63, 3.8) is 0 Å². The molecule has 2 bridgehead atoms. The summed E-state index contributed by atoms with van der Waals surface area (Å²) in [6, 6.07) is -0.257. The van der Waals surface area contributed by atoms with Crippen LogP contribution in [0, 0.1) is 52.8 Å². The van der Waals surface area contributed by atoms with Crippen molar-refractivity contribution < 1.29 is 29.4 Å². The molecule has 11 nitrogen and oxygen atoms in total. The fourth-order valence-corrected chi connectivity index (χ4v) is 11.9. The summed E-state index contributed by atoms with van der Waals surface area (Å²) in [7, 11) is 6.08. The van der Waals surface area contributed by atoms with Crippen molar-refractivity contribution in [2.45, 2.75) is 128 Å². The zero-order chi connectivity index (χ0) is 36.6. The summed E-state index contributed by atoms with van der Waals surface area (Å²) in [4.78, 5) is 39.0. The molecule has 0 radical (unpaired) electrons. The van der Waals surface area contributed by atoms with Crippen LogP contribution in [0.2, 0.25) is 0 Å². The standard InChI is InChI=1S/C40H71N5O6/c1-24-32-20-29(40(32,3)4)21-33(24)42-39(49)36-35(25(2)47)34(23-46)51-45(36)22-26-11-10-12-31(37(26)50-7)27-17-28(19-30(18-27)43(5)6)38(48)41-13-16-44-14-8-9-15-44/h24-37,46-47H,8-23H2,1-7H3,(H,41,48)(H,42,49)/t24-,25-,26?,27?,28?,29+,30?,31?,32-,33-,34-,35+,36-,37?/m0/s1. The maximum atomic E-state index is 14.3. The van der Waals surface area contributed by atoms with Crippen LogP contribution in [0.5, 0.6) is 0 Å². The Bertz CT molecular complexity index is 1180. The van der Waals surface area contributed by atoms with Gasteiger partial charge in [-0.3, -0.25) is 14.4 Å². The highest BCUT2D eigenvalue weighted by atomic mass is 16.7. The van der Waals surface area contributed by atoms with Crippen LogP contribution in [0.3, 0.4) is 0 Å². The zero-order valence-corrected chi connectivity index (χ0v) is 32.8. The molecule has 2 amide bonds. The first-order valence-electron chi connectivity index (χ1n) is 20.6. The summed E-state index contributed by atoms with van der Waals surface area (Å²) in [5, 5.41) is 29.9. The van der Waals surface area contributed by atoms with Gasteiger partial charge in [0.2, 0.25) is 11.8 Å². The van der Waals surface area contributed by atoms with E-state index in [4.69, 9.17) is 9.57 Å². The minimum atomic E-state index is -0.819. The number of hydroxylamine groups is 2. The van der Waals surface area contributed by atoms with Crippen LogP contribution in [0.25, 0.3) is 0 Å². The summed E-state index contributed by atoms with van der Waals surface area (Å²) in [5.41, 5.74) is 0.321. The van der Waals surface area contributed by atoms with E-state index in [1.807, 2.05) is 7.11 Å². The van der Waals surface area contributed by atoms with Gasteiger partial charge in [-0.05, 0) is 127 Å². The van der Waals surface area contributed by atoms with Gasteiger partial charge < -0.3 is 35.4 Å². The predicted molar refractivity (Wildman–Crippen MR) is 197 cm³/mol. The first kappa shape index (κ1) is 39.4. The minimum absolute atomic E-state index is 0.0153. The van der Waals surface area contributed by atoms with Gasteiger partial charge in [0.05, 0.1) is 18.8 Å². The molecule has 14 atom stereocenters. The van der Waals surface area contributed by atoms with Crippen LogP contribution in [0.15, 0.2) is 0 Å². The van der Waals surface area contributed by atoms with Gasteiger partial charge in [0.25, 0.3) is 0 Å². The van der Waals surface area contributed by atoms with Crippen LogP contribution in [-0.2, 0) is 19.2 Å². The Balaban J connectivity index is 1.14. The number of carbonyl (C=O) groups is 2. The molecular formula is C40H71N5O6. The Morgan fingerprint density at radius 1 is 1.04 bits per heavy atom. The van der Waals surface area contributed by atoms with E-state index in [9.17, 15) is 19.8 Å². The van der Waals surface area contributed by atoms with E-state index in [2.05, 4.69) is 55.3 Å². The van der Waals surface area contributed by atoms with Crippen molar-refractivity contribution >= 4 is 11.8 Å². The Morgan fingerprint density at radius 2 is 1.78 bits per heavy atom. The van der Waals surface area contributed by atoms with E-state index in [0.717, 1.165) is 64.6 Å². The number of rotatable bonds is 13. The molecule has 5 aliphatic carbocycles. The van der Waals surface area contributed by atoms with Gasteiger partial charge in [-0.15, -0.1) is 0 Å². The SMILES string of the molecule is COC1C(CN2O[C@@H](CO)[C@@H]([C@H](C)O)[C@H]2C(=O)N[C@H]2C[C@H]3C[C@@H]([C@@H]2C)C3(C)C)CCCC1C1CC(C(=O)NCCN2CCCC2)CC(N(C)C)C1. The number of amides is 2. The molecule has 51 heavy (non-hydrogen) atoms. The molecule has 11 heteroatoms. The fraction of sp³-hybridized carbons (Fsp3) is 0.950. The van der Waals surface area contributed by atoms with Gasteiger partial charge in [-0.25, -0.2) is 0 Å². The largest absolute Gasteiger partial charge is 0.394 e. The Hall–Kier alpha value is -1.34. The number of carbonyl (C=O) groups excluding carboxylic acids is 2. The average Bonchev–Trinajstić information content (AvgIpc) is 3.76. The zero-order valence-electron chi connectivity index (χ0n) is 32.8. The number of hydrogen-bond donors (Lipinski definition) is 4. The molecule has 7 fully saturated rings. The third-order valence-electron chi connectivity index (χ3n) is 15.1. The van der Waals surface area contributed by atoms with Crippen molar-refractivity contribution in [3.05, 3.63) is 0 Å². The number of likely N-dealkylation sites (tertiary alicyclic amines) is 1. The molecule has 0 aromatic carbocycles. The molecule has 6 unspecified atom stereocenters. The molecule has 2 aliphatic heterocycles. The summed E-state index contributed by atoms with van der Waals surface area (Å²) >= 11 is 0. The molecule has 292 valence electrons. The number of aliphatic hydroxyl groups is 2. The second-order valence-electron chi connectivity index (χ2n) is 18.4. The lowest BCUT2D eigenvalue weighted by atomic mass is 9.45. The molecular weight excluding hydrogens is 646 g/mol. The predicted octanol–water partition coefficient (Wildman–Crippen LogP) is 3.14. The topological polar surface area (TPSA) is 127 Å². The van der Waals surface area contributed by atoms with E-state index >= 15 is 0 Å². The highest BCUT2D eigenvalue weighted by Gasteiger charge is 2.58. The lowest BCUT2D eigenvalue weighted by Crippen LogP contribution is -2.62. The van der Waals surface area contributed by atoms with Crippen molar-refractivity contribution in [1.29, 1.82) is 0 Å². The molecule has 2 saturated heterocycles. The van der Waals surface area contributed by atoms with Gasteiger partial charge >= 0.3 is 0 Å². The maximum absolute atomic E-state index is 14.3. The van der Waals surface area contributed by atoms with Crippen LogP contribution >= 0.6 is 0 Å². The lowest BCUT2D eigenvalue weighted by molar-refractivity contribution is -0.193. The fourth-order valence-electron chi connectivity index (χ4n) is 11.9. The van der Waals surface area contributed by atoms with Crippen molar-refractivity contribution in [1.82, 2.24) is 25.5 Å². The van der Waals surface area contributed by atoms with Crippen LogP contribution in [-0.4, -0.2) is 134 Å². The molecule has 0 aromatic heterocycles. The minimum Gasteiger partial charge on any atom is -0.394 e. The smallest absolute Gasteiger partial charge is 0.240 e. The Labute approximate surface area is 307 Å². The van der Waals surface area contributed by atoms with Crippen LogP contribution < -0.4 is 10.6 Å². The number of ether oxygens (including phenoxy) is 1. The first-order valence-corrected chi connectivity index (χ1v) is 20.6. The van der Waals surface area contributed by atoms with E-state index in [1.165, 1.54) is 19.3 Å². The van der Waals surface area contributed by atoms with E-state index in [0.29, 0.717) is 54.1 Å². The second-order valence-corrected chi connectivity index (χ2v) is 18.4. The summed E-state index contributed by atoms with van der Waals surface area (Å²) in [6.45, 7) is 12.9. The number of nitrogens with zero attached hydrogens (tertiary/aromatic N) is 3. The van der Waals surface area contributed by atoms with Crippen molar-refractivity contribution in [2.24, 2.45) is 52.8 Å². The quantitative estimate of drug-likeness (QED) is 0.228. The molecule has 2 heterocycles. The van der Waals surface area contributed by atoms with Gasteiger partial charge in [0, 0.05) is 56.6 Å². The van der Waals surface area contributed by atoms with Crippen LogP contribution in [0.4, 0.5) is 0 Å². The summed E-state index contributed by atoms with van der Waals surface area (Å²) in [5.74, 6) is 1.91. The highest BCUT2D eigenvalue weighted by molar-refractivity contribution is 5.83. The molecule has 7 rings (SSSR count). The second kappa shape index (κ2) is 16.6. The molecule has 5 saturated carbocycles. The summed E-state index contributed by atoms with van der Waals surface area (Å²) < 4.78 is 6.39. The van der Waals surface area contributed by atoms with E-state index in [-0.39, 0.29) is 42.4 Å². The van der Waals surface area contributed by atoms with E-state index in [1.54, 1.807) is 12.0 Å². The normalized spacial score (nSPS) is 42.0. The van der Waals surface area contributed by atoms with Crippen molar-refractivity contribution in [2.75, 3.05) is 60.5 Å². The third-order valence-corrected chi connectivity index (χ3v) is 15.1. The van der Waals surface area contributed by atoms with Gasteiger partial charge in [0.1, 0.15) is 12.1 Å². The molecule has 7 aliphatic rings.